The monoisotopic (exact) mass is 458 g/mol. The van der Waals surface area contributed by atoms with Crippen molar-refractivity contribution in [3.8, 4) is 5.75 Å². The number of nitrogens with one attached hydrogen (secondary N) is 1. The summed E-state index contributed by atoms with van der Waals surface area (Å²) in [6.45, 7) is 3.81. The van der Waals surface area contributed by atoms with Gasteiger partial charge in [-0.25, -0.2) is 8.42 Å². The number of carbonyl (C=O) groups is 1. The highest BCUT2D eigenvalue weighted by molar-refractivity contribution is 7.92. The molecule has 0 saturated heterocycles. The fraction of sp³-hybridized carbons (Fsp3) is 0.381. The first-order valence-electron chi connectivity index (χ1n) is 9.53. The van der Waals surface area contributed by atoms with E-state index in [1.165, 1.54) is 0 Å². The molecular formula is C21H25F3N2O4S. The minimum absolute atomic E-state index is 0.0345. The molecule has 0 atom stereocenters. The number of ether oxygens (including phenoxy) is 1. The van der Waals surface area contributed by atoms with E-state index >= 15 is 0 Å². The van der Waals surface area contributed by atoms with Gasteiger partial charge >= 0.3 is 6.18 Å². The summed E-state index contributed by atoms with van der Waals surface area (Å²) in [6, 6.07) is 11.1. The number of benzene rings is 2. The Morgan fingerprint density at radius 2 is 1.71 bits per heavy atom. The fourth-order valence-electron chi connectivity index (χ4n) is 2.84. The molecule has 2 aromatic carbocycles. The normalized spacial score (nSPS) is 12.0. The number of nitrogens with zero attached hydrogens (tertiary/aromatic N) is 1. The summed E-state index contributed by atoms with van der Waals surface area (Å²) in [5.41, 5.74) is 0.0834. The summed E-state index contributed by atoms with van der Waals surface area (Å²) in [5.74, 6) is 0.359. The number of alkyl halides is 3. The van der Waals surface area contributed by atoms with E-state index in [0.29, 0.717) is 5.75 Å². The number of hydrogen-bond acceptors (Lipinski definition) is 4. The van der Waals surface area contributed by atoms with E-state index in [1.807, 2.05) is 38.1 Å². The number of para-hydroxylation sites is 1. The van der Waals surface area contributed by atoms with Gasteiger partial charge in [0, 0.05) is 0 Å². The number of halogens is 3. The number of rotatable bonds is 9. The molecule has 10 heteroatoms. The Balaban J connectivity index is 1.96. The van der Waals surface area contributed by atoms with Crippen LogP contribution in [0.25, 0.3) is 0 Å². The third kappa shape index (κ3) is 7.16. The highest BCUT2D eigenvalue weighted by atomic mass is 32.2. The van der Waals surface area contributed by atoms with Gasteiger partial charge in [-0.05, 0) is 41.8 Å². The van der Waals surface area contributed by atoms with Crippen molar-refractivity contribution in [2.24, 2.45) is 0 Å². The van der Waals surface area contributed by atoms with Gasteiger partial charge in [-0.2, -0.15) is 13.2 Å². The van der Waals surface area contributed by atoms with Crippen LogP contribution >= 0.6 is 0 Å². The second kappa shape index (κ2) is 10.0. The van der Waals surface area contributed by atoms with Gasteiger partial charge in [-0.15, -0.1) is 0 Å². The SMILES string of the molecule is CC(C)c1ccccc1OCCNC(=O)CN(c1ccc(C(F)(F)F)cc1)S(C)(=O)=O. The molecule has 0 aliphatic carbocycles. The Labute approximate surface area is 180 Å². The first kappa shape index (κ1) is 24.5. The van der Waals surface area contributed by atoms with E-state index in [-0.39, 0.29) is 24.8 Å². The number of carbonyl (C=O) groups excluding carboxylic acids is 1. The Morgan fingerprint density at radius 3 is 2.26 bits per heavy atom. The summed E-state index contributed by atoms with van der Waals surface area (Å²) in [4.78, 5) is 12.2. The molecule has 0 heterocycles. The first-order chi connectivity index (χ1) is 14.4. The van der Waals surface area contributed by atoms with Gasteiger partial charge in [-0.1, -0.05) is 32.0 Å². The maximum absolute atomic E-state index is 12.7. The van der Waals surface area contributed by atoms with E-state index in [0.717, 1.165) is 40.4 Å². The highest BCUT2D eigenvalue weighted by Gasteiger charge is 2.30. The molecular weight excluding hydrogens is 433 g/mol. The summed E-state index contributed by atoms with van der Waals surface area (Å²) in [7, 11) is -3.89. The van der Waals surface area contributed by atoms with E-state index in [9.17, 15) is 26.4 Å². The maximum Gasteiger partial charge on any atom is 0.416 e. The lowest BCUT2D eigenvalue weighted by atomic mass is 10.0. The van der Waals surface area contributed by atoms with Crippen LogP contribution < -0.4 is 14.4 Å². The van der Waals surface area contributed by atoms with Crippen molar-refractivity contribution in [2.75, 3.05) is 30.3 Å². The average molecular weight is 459 g/mol. The van der Waals surface area contributed by atoms with Crippen molar-refractivity contribution in [1.82, 2.24) is 5.32 Å². The lowest BCUT2D eigenvalue weighted by Gasteiger charge is -2.22. The van der Waals surface area contributed by atoms with Gasteiger partial charge in [0.15, 0.2) is 0 Å². The first-order valence-corrected chi connectivity index (χ1v) is 11.4. The van der Waals surface area contributed by atoms with Crippen LogP contribution in [0.2, 0.25) is 0 Å². The fourth-order valence-corrected chi connectivity index (χ4v) is 3.70. The van der Waals surface area contributed by atoms with Gasteiger partial charge in [0.05, 0.1) is 24.1 Å². The molecule has 1 N–H and O–H groups in total. The van der Waals surface area contributed by atoms with Gasteiger partial charge in [-0.3, -0.25) is 9.10 Å². The summed E-state index contributed by atoms with van der Waals surface area (Å²) in [6.07, 6.45) is -3.66. The van der Waals surface area contributed by atoms with Crippen LogP contribution in [0.4, 0.5) is 18.9 Å². The quantitative estimate of drug-likeness (QED) is 0.580. The van der Waals surface area contributed by atoms with Crippen molar-refractivity contribution in [3.63, 3.8) is 0 Å². The zero-order valence-electron chi connectivity index (χ0n) is 17.4. The van der Waals surface area contributed by atoms with Crippen molar-refractivity contribution in [2.45, 2.75) is 25.9 Å². The second-order valence-electron chi connectivity index (χ2n) is 7.21. The Bertz CT molecular complexity index is 990. The number of sulfonamides is 1. The summed E-state index contributed by atoms with van der Waals surface area (Å²) < 4.78 is 68.7. The van der Waals surface area contributed by atoms with Crippen LogP contribution in [0.15, 0.2) is 48.5 Å². The molecule has 2 aromatic rings. The van der Waals surface area contributed by atoms with Crippen LogP contribution in [0.1, 0.15) is 30.9 Å². The average Bonchev–Trinajstić information content (AvgIpc) is 2.68. The van der Waals surface area contributed by atoms with E-state index in [2.05, 4.69) is 5.32 Å². The molecule has 0 aliphatic rings. The molecule has 0 saturated carbocycles. The van der Waals surface area contributed by atoms with Crippen LogP contribution in [-0.4, -0.2) is 40.3 Å². The molecule has 0 radical (unpaired) electrons. The molecule has 0 fully saturated rings. The van der Waals surface area contributed by atoms with Gasteiger partial charge in [0.1, 0.15) is 18.9 Å². The minimum atomic E-state index is -4.54. The largest absolute Gasteiger partial charge is 0.491 e. The van der Waals surface area contributed by atoms with Crippen LogP contribution in [-0.2, 0) is 21.0 Å². The topological polar surface area (TPSA) is 75.7 Å². The molecule has 6 nitrogen and oxygen atoms in total. The molecule has 0 spiro atoms. The third-order valence-electron chi connectivity index (χ3n) is 4.39. The Hall–Kier alpha value is -2.75. The lowest BCUT2D eigenvalue weighted by Crippen LogP contribution is -2.41. The minimum Gasteiger partial charge on any atom is -0.491 e. The highest BCUT2D eigenvalue weighted by Crippen LogP contribution is 2.31. The van der Waals surface area contributed by atoms with E-state index in [1.54, 1.807) is 0 Å². The standard InChI is InChI=1S/C21H25F3N2O4S/c1-15(2)18-6-4-5-7-19(18)30-13-12-25-20(27)14-26(31(3,28)29)17-10-8-16(9-11-17)21(22,23)24/h4-11,15H,12-14H2,1-3H3,(H,25,27). The third-order valence-corrected chi connectivity index (χ3v) is 5.53. The van der Waals surface area contributed by atoms with Crippen molar-refractivity contribution >= 4 is 21.6 Å². The summed E-state index contributed by atoms with van der Waals surface area (Å²) in [5, 5.41) is 2.56. The predicted octanol–water partition coefficient (Wildman–Crippen LogP) is 3.79. The second-order valence-corrected chi connectivity index (χ2v) is 9.11. The molecule has 0 bridgehead atoms. The van der Waals surface area contributed by atoms with Crippen LogP contribution in [0.5, 0.6) is 5.75 Å². The lowest BCUT2D eigenvalue weighted by molar-refractivity contribution is -0.137. The van der Waals surface area contributed by atoms with Gasteiger partial charge < -0.3 is 10.1 Å². The van der Waals surface area contributed by atoms with Crippen molar-refractivity contribution < 1.29 is 31.1 Å². The number of hydrogen-bond donors (Lipinski definition) is 1. The molecule has 170 valence electrons. The van der Waals surface area contributed by atoms with E-state index in [4.69, 9.17) is 4.74 Å². The van der Waals surface area contributed by atoms with Gasteiger partial charge in [0.25, 0.3) is 0 Å². The predicted molar refractivity (Wildman–Crippen MR) is 113 cm³/mol. The van der Waals surface area contributed by atoms with Crippen LogP contribution in [0.3, 0.4) is 0 Å². The van der Waals surface area contributed by atoms with Crippen molar-refractivity contribution in [1.29, 1.82) is 0 Å². The van der Waals surface area contributed by atoms with Crippen LogP contribution in [0, 0.1) is 0 Å². The molecule has 0 unspecified atom stereocenters. The Kier molecular flexibility index (Phi) is 7.94. The molecule has 0 aliphatic heterocycles. The Morgan fingerprint density at radius 1 is 1.10 bits per heavy atom. The smallest absolute Gasteiger partial charge is 0.416 e. The number of anilines is 1. The maximum atomic E-state index is 12.7. The van der Waals surface area contributed by atoms with Crippen molar-refractivity contribution in [3.05, 3.63) is 59.7 Å². The zero-order valence-corrected chi connectivity index (χ0v) is 18.3. The zero-order chi connectivity index (χ0) is 23.2. The molecule has 31 heavy (non-hydrogen) atoms. The molecule has 1 amide bonds. The molecule has 2 rings (SSSR count). The summed E-state index contributed by atoms with van der Waals surface area (Å²) >= 11 is 0. The number of amides is 1. The van der Waals surface area contributed by atoms with Gasteiger partial charge in [0.2, 0.25) is 15.9 Å². The van der Waals surface area contributed by atoms with E-state index < -0.39 is 34.2 Å². The molecule has 0 aromatic heterocycles.